The molecule has 1 amide bonds. The molecule has 4 heteroatoms. The molecular formula is C23H23NO2S. The van der Waals surface area contributed by atoms with Gasteiger partial charge in [-0.2, -0.15) is 0 Å². The van der Waals surface area contributed by atoms with Crippen LogP contribution in [0.3, 0.4) is 0 Å². The van der Waals surface area contributed by atoms with Crippen molar-refractivity contribution in [1.29, 1.82) is 0 Å². The number of rotatable bonds is 9. The summed E-state index contributed by atoms with van der Waals surface area (Å²) in [6, 6.07) is 29.5. The van der Waals surface area contributed by atoms with Crippen LogP contribution in [-0.2, 0) is 22.0 Å². The standard InChI is InChI=1S/C23H23NO2S/c25-19-24(16-17-27(26)22-14-8-3-9-15-22)23(21-12-6-2-7-13-21)18-20-10-4-1-5-11-20/h1-15,19,23H,16-18H2/t23-,27?/m1/s1. The van der Waals surface area contributed by atoms with E-state index in [9.17, 15) is 9.00 Å². The first-order chi connectivity index (χ1) is 13.3. The maximum Gasteiger partial charge on any atom is 0.210 e. The summed E-state index contributed by atoms with van der Waals surface area (Å²) in [6.45, 7) is 0.442. The molecule has 1 unspecified atom stereocenters. The van der Waals surface area contributed by atoms with E-state index >= 15 is 0 Å². The molecule has 0 saturated heterocycles. The normalized spacial score (nSPS) is 12.9. The largest absolute Gasteiger partial charge is 0.337 e. The number of amides is 1. The van der Waals surface area contributed by atoms with Crippen molar-refractivity contribution in [3.8, 4) is 0 Å². The van der Waals surface area contributed by atoms with Gasteiger partial charge in [-0.05, 0) is 29.7 Å². The highest BCUT2D eigenvalue weighted by Gasteiger charge is 2.20. The Bertz CT molecular complexity index is 853. The Morgan fingerprint density at radius 1 is 0.815 bits per heavy atom. The molecule has 138 valence electrons. The predicted octanol–water partition coefficient (Wildman–Crippen LogP) is 4.24. The van der Waals surface area contributed by atoms with E-state index in [1.54, 1.807) is 4.90 Å². The zero-order valence-corrected chi connectivity index (χ0v) is 15.9. The zero-order valence-electron chi connectivity index (χ0n) is 15.1. The van der Waals surface area contributed by atoms with Crippen LogP contribution in [0, 0.1) is 0 Å². The molecule has 0 aliphatic carbocycles. The maximum absolute atomic E-state index is 12.6. The number of carbonyl (C=O) groups is 1. The Kier molecular flexibility index (Phi) is 6.94. The quantitative estimate of drug-likeness (QED) is 0.523. The fraction of sp³-hybridized carbons (Fsp3) is 0.174. The Labute approximate surface area is 163 Å². The minimum absolute atomic E-state index is 0.0844. The number of carbonyl (C=O) groups excluding carboxylic acids is 1. The second kappa shape index (κ2) is 9.83. The molecule has 0 spiro atoms. The lowest BCUT2D eigenvalue weighted by atomic mass is 9.98. The summed E-state index contributed by atoms with van der Waals surface area (Å²) in [5.74, 6) is 0.418. The molecule has 0 bridgehead atoms. The molecule has 0 aromatic heterocycles. The highest BCUT2D eigenvalue weighted by Crippen LogP contribution is 2.24. The number of hydrogen-bond donors (Lipinski definition) is 0. The van der Waals surface area contributed by atoms with E-state index in [2.05, 4.69) is 12.1 Å². The van der Waals surface area contributed by atoms with Gasteiger partial charge < -0.3 is 4.90 Å². The molecule has 27 heavy (non-hydrogen) atoms. The summed E-state index contributed by atoms with van der Waals surface area (Å²) in [5, 5.41) is 0. The fourth-order valence-electron chi connectivity index (χ4n) is 3.10. The lowest BCUT2D eigenvalue weighted by Crippen LogP contribution is -2.32. The summed E-state index contributed by atoms with van der Waals surface area (Å²) in [4.78, 5) is 14.4. The first kappa shape index (κ1) is 19.1. The Hall–Kier alpha value is -2.72. The molecule has 3 rings (SSSR count). The van der Waals surface area contributed by atoms with Crippen LogP contribution < -0.4 is 0 Å². The molecule has 0 aliphatic rings. The second-order valence-corrected chi connectivity index (χ2v) is 7.89. The van der Waals surface area contributed by atoms with E-state index in [1.807, 2.05) is 78.9 Å². The van der Waals surface area contributed by atoms with E-state index in [4.69, 9.17) is 0 Å². The third-order valence-corrected chi connectivity index (χ3v) is 5.88. The second-order valence-electron chi connectivity index (χ2n) is 6.32. The first-order valence-electron chi connectivity index (χ1n) is 9.01. The monoisotopic (exact) mass is 377 g/mol. The van der Waals surface area contributed by atoms with Crippen molar-refractivity contribution in [2.45, 2.75) is 17.4 Å². The van der Waals surface area contributed by atoms with Crippen LogP contribution in [0.2, 0.25) is 0 Å². The van der Waals surface area contributed by atoms with Crippen LogP contribution in [0.1, 0.15) is 17.2 Å². The van der Waals surface area contributed by atoms with Gasteiger partial charge in [-0.15, -0.1) is 0 Å². The lowest BCUT2D eigenvalue weighted by molar-refractivity contribution is -0.120. The van der Waals surface area contributed by atoms with Crippen LogP contribution in [0.5, 0.6) is 0 Å². The minimum atomic E-state index is -1.13. The third-order valence-electron chi connectivity index (χ3n) is 4.53. The minimum Gasteiger partial charge on any atom is -0.337 e. The Morgan fingerprint density at radius 3 is 1.96 bits per heavy atom. The molecule has 0 heterocycles. The van der Waals surface area contributed by atoms with Crippen LogP contribution in [0.15, 0.2) is 95.9 Å². The molecule has 0 saturated carbocycles. The SMILES string of the molecule is O=CN(CCS(=O)c1ccccc1)[C@H](Cc1ccccc1)c1ccccc1. The van der Waals surface area contributed by atoms with Crippen LogP contribution >= 0.6 is 0 Å². The van der Waals surface area contributed by atoms with E-state index in [-0.39, 0.29) is 6.04 Å². The molecule has 3 nitrogen and oxygen atoms in total. The summed E-state index contributed by atoms with van der Waals surface area (Å²) in [5.41, 5.74) is 2.25. The maximum atomic E-state index is 12.6. The van der Waals surface area contributed by atoms with Crippen molar-refractivity contribution in [1.82, 2.24) is 4.90 Å². The molecule has 0 fully saturated rings. The summed E-state index contributed by atoms with van der Waals surface area (Å²) >= 11 is 0. The van der Waals surface area contributed by atoms with E-state index < -0.39 is 10.8 Å². The van der Waals surface area contributed by atoms with Crippen LogP contribution in [0.25, 0.3) is 0 Å². The zero-order chi connectivity index (χ0) is 18.9. The van der Waals surface area contributed by atoms with E-state index in [0.29, 0.717) is 12.3 Å². The van der Waals surface area contributed by atoms with Gasteiger partial charge in [0.25, 0.3) is 0 Å². The van der Waals surface area contributed by atoms with Crippen molar-refractivity contribution in [3.05, 3.63) is 102 Å². The summed E-state index contributed by atoms with van der Waals surface area (Å²) < 4.78 is 12.6. The van der Waals surface area contributed by atoms with Gasteiger partial charge in [0.15, 0.2) is 0 Å². The van der Waals surface area contributed by atoms with E-state index in [0.717, 1.165) is 23.3 Å². The van der Waals surface area contributed by atoms with Crippen molar-refractivity contribution >= 4 is 17.2 Å². The van der Waals surface area contributed by atoms with E-state index in [1.165, 1.54) is 5.56 Å². The highest BCUT2D eigenvalue weighted by molar-refractivity contribution is 7.85. The van der Waals surface area contributed by atoms with Crippen LogP contribution in [0.4, 0.5) is 0 Å². The van der Waals surface area contributed by atoms with Crippen LogP contribution in [-0.4, -0.2) is 27.8 Å². The van der Waals surface area contributed by atoms with Gasteiger partial charge in [0.2, 0.25) is 6.41 Å². The van der Waals surface area contributed by atoms with Crippen molar-refractivity contribution in [2.24, 2.45) is 0 Å². The van der Waals surface area contributed by atoms with Gasteiger partial charge in [0.05, 0.1) is 16.8 Å². The predicted molar refractivity (Wildman–Crippen MR) is 110 cm³/mol. The molecule has 3 aromatic carbocycles. The Balaban J connectivity index is 1.76. The summed E-state index contributed by atoms with van der Waals surface area (Å²) in [7, 11) is -1.13. The summed E-state index contributed by atoms with van der Waals surface area (Å²) in [6.07, 6.45) is 1.60. The van der Waals surface area contributed by atoms with Gasteiger partial charge in [-0.3, -0.25) is 9.00 Å². The van der Waals surface area contributed by atoms with Crippen molar-refractivity contribution < 1.29 is 9.00 Å². The average Bonchev–Trinajstić information content (AvgIpc) is 2.75. The highest BCUT2D eigenvalue weighted by atomic mass is 32.2. The molecule has 0 aliphatic heterocycles. The Morgan fingerprint density at radius 2 is 1.37 bits per heavy atom. The molecule has 2 atom stereocenters. The van der Waals surface area contributed by atoms with Gasteiger partial charge in [-0.1, -0.05) is 78.9 Å². The number of benzene rings is 3. The van der Waals surface area contributed by atoms with Gasteiger partial charge in [0, 0.05) is 17.2 Å². The van der Waals surface area contributed by atoms with Crippen molar-refractivity contribution in [3.63, 3.8) is 0 Å². The van der Waals surface area contributed by atoms with Crippen molar-refractivity contribution in [2.75, 3.05) is 12.3 Å². The van der Waals surface area contributed by atoms with Gasteiger partial charge in [-0.25, -0.2) is 0 Å². The number of hydrogen-bond acceptors (Lipinski definition) is 2. The fourth-order valence-corrected chi connectivity index (χ4v) is 4.17. The lowest BCUT2D eigenvalue weighted by Gasteiger charge is -2.29. The van der Waals surface area contributed by atoms with Gasteiger partial charge in [0.1, 0.15) is 0 Å². The molecule has 3 aromatic rings. The number of nitrogens with zero attached hydrogens (tertiary/aromatic N) is 1. The molecule has 0 radical (unpaired) electrons. The molecular weight excluding hydrogens is 354 g/mol. The third kappa shape index (κ3) is 5.38. The average molecular weight is 378 g/mol. The smallest absolute Gasteiger partial charge is 0.210 e. The van der Waals surface area contributed by atoms with Gasteiger partial charge >= 0.3 is 0 Å². The molecule has 0 N–H and O–H groups in total. The topological polar surface area (TPSA) is 37.4 Å². The first-order valence-corrected chi connectivity index (χ1v) is 10.3.